The summed E-state index contributed by atoms with van der Waals surface area (Å²) in [7, 11) is -3.47. The van der Waals surface area contributed by atoms with Crippen molar-refractivity contribution in [3.63, 3.8) is 0 Å². The van der Waals surface area contributed by atoms with Crippen LogP contribution in [-0.4, -0.2) is 42.4 Å². The molecule has 1 fully saturated rings. The van der Waals surface area contributed by atoms with E-state index in [1.54, 1.807) is 22.5 Å². The number of hydrogen-bond donors (Lipinski definition) is 1. The lowest BCUT2D eigenvalue weighted by atomic mass is 10.2. The molecule has 1 aromatic heterocycles. The van der Waals surface area contributed by atoms with E-state index in [0.717, 1.165) is 35.1 Å². The fourth-order valence-corrected chi connectivity index (χ4v) is 5.69. The molecule has 1 atom stereocenters. The molecule has 33 heavy (non-hydrogen) atoms. The van der Waals surface area contributed by atoms with Crippen LogP contribution in [0.2, 0.25) is 0 Å². The Bertz CT molecular complexity index is 1230. The number of sulfonamides is 1. The predicted octanol–water partition coefficient (Wildman–Crippen LogP) is 4.09. The van der Waals surface area contributed by atoms with Crippen molar-refractivity contribution in [3.8, 4) is 5.75 Å². The maximum atomic E-state index is 12.9. The van der Waals surface area contributed by atoms with E-state index in [0.29, 0.717) is 24.5 Å². The molecule has 3 aromatic rings. The van der Waals surface area contributed by atoms with E-state index in [1.807, 2.05) is 61.9 Å². The summed E-state index contributed by atoms with van der Waals surface area (Å²) >= 11 is 0. The number of hydrogen-bond acceptors (Lipinski definition) is 4. The lowest BCUT2D eigenvalue weighted by Gasteiger charge is -2.17. The van der Waals surface area contributed by atoms with Crippen LogP contribution < -0.4 is 10.1 Å². The van der Waals surface area contributed by atoms with Crippen molar-refractivity contribution in [2.45, 2.75) is 57.2 Å². The number of nitrogens with zero attached hydrogens (tertiary/aromatic N) is 2. The van der Waals surface area contributed by atoms with Gasteiger partial charge in [-0.15, -0.1) is 0 Å². The second kappa shape index (κ2) is 9.57. The van der Waals surface area contributed by atoms with E-state index >= 15 is 0 Å². The third-order valence-electron chi connectivity index (χ3n) is 5.95. The fraction of sp³-hybridized carbons (Fsp3) is 0.400. The number of ether oxygens (including phenoxy) is 1. The lowest BCUT2D eigenvalue weighted by molar-refractivity contribution is -0.123. The van der Waals surface area contributed by atoms with Crippen molar-refractivity contribution in [1.82, 2.24) is 14.2 Å². The first kappa shape index (κ1) is 23.3. The van der Waals surface area contributed by atoms with Crippen molar-refractivity contribution in [3.05, 3.63) is 60.3 Å². The molecule has 1 N–H and O–H groups in total. The maximum absolute atomic E-state index is 12.9. The molecule has 176 valence electrons. The normalized spacial score (nSPS) is 15.8. The Kier molecular flexibility index (Phi) is 6.76. The predicted molar refractivity (Wildman–Crippen MR) is 129 cm³/mol. The third kappa shape index (κ3) is 5.07. The van der Waals surface area contributed by atoms with Crippen LogP contribution in [0, 0.1) is 0 Å². The minimum Gasteiger partial charge on any atom is -0.491 e. The topological polar surface area (TPSA) is 80.6 Å². The third-order valence-corrected chi connectivity index (χ3v) is 7.85. The van der Waals surface area contributed by atoms with E-state index in [9.17, 15) is 13.2 Å². The highest BCUT2D eigenvalue weighted by Crippen LogP contribution is 2.27. The molecule has 0 aliphatic carbocycles. The smallest absolute Gasteiger partial charge is 0.243 e. The van der Waals surface area contributed by atoms with Gasteiger partial charge in [0.05, 0.1) is 11.0 Å². The van der Waals surface area contributed by atoms with Crippen molar-refractivity contribution in [2.24, 2.45) is 0 Å². The largest absolute Gasteiger partial charge is 0.491 e. The van der Waals surface area contributed by atoms with Crippen LogP contribution in [0.3, 0.4) is 0 Å². The summed E-state index contributed by atoms with van der Waals surface area (Å²) in [6.07, 6.45) is 3.75. The van der Waals surface area contributed by atoms with Crippen molar-refractivity contribution in [1.29, 1.82) is 0 Å². The van der Waals surface area contributed by atoms with Crippen molar-refractivity contribution in [2.75, 3.05) is 13.1 Å². The SMILES string of the molecule is CC(C)Oc1ccc(CNC(=O)[C@H](C)n2ccc3cc(S(=O)(=O)N4CCCC4)ccc32)cc1. The number of aromatic nitrogens is 1. The Hall–Kier alpha value is -2.84. The summed E-state index contributed by atoms with van der Waals surface area (Å²) in [6, 6.07) is 14.2. The first-order chi connectivity index (χ1) is 15.8. The van der Waals surface area contributed by atoms with Gasteiger partial charge in [0.1, 0.15) is 11.8 Å². The molecular weight excluding hydrogens is 438 g/mol. The van der Waals surface area contributed by atoms with Crippen LogP contribution in [-0.2, 0) is 21.4 Å². The maximum Gasteiger partial charge on any atom is 0.243 e. The highest BCUT2D eigenvalue weighted by molar-refractivity contribution is 7.89. The Morgan fingerprint density at radius 2 is 1.73 bits per heavy atom. The summed E-state index contributed by atoms with van der Waals surface area (Å²) in [4.78, 5) is 13.1. The molecule has 2 aromatic carbocycles. The van der Waals surface area contributed by atoms with Crippen LogP contribution in [0.4, 0.5) is 0 Å². The molecule has 1 amide bonds. The molecule has 4 rings (SSSR count). The molecule has 7 nitrogen and oxygen atoms in total. The van der Waals surface area contributed by atoms with Crippen LogP contribution in [0.15, 0.2) is 59.6 Å². The molecular formula is C25H31N3O4S. The number of amides is 1. The number of carbonyl (C=O) groups is 1. The minimum absolute atomic E-state index is 0.108. The molecule has 2 heterocycles. The average Bonchev–Trinajstić information content (AvgIpc) is 3.47. The highest BCUT2D eigenvalue weighted by Gasteiger charge is 2.27. The number of nitrogens with one attached hydrogen (secondary N) is 1. The quantitative estimate of drug-likeness (QED) is 0.539. The Morgan fingerprint density at radius 1 is 1.03 bits per heavy atom. The molecule has 0 unspecified atom stereocenters. The average molecular weight is 470 g/mol. The second-order valence-corrected chi connectivity index (χ2v) is 10.7. The van der Waals surface area contributed by atoms with Gasteiger partial charge in [0.15, 0.2) is 0 Å². The Morgan fingerprint density at radius 3 is 2.39 bits per heavy atom. The van der Waals surface area contributed by atoms with Gasteiger partial charge in [-0.05, 0) is 75.6 Å². The molecule has 0 radical (unpaired) electrons. The molecule has 1 aliphatic heterocycles. The van der Waals surface area contributed by atoms with Gasteiger partial charge in [-0.3, -0.25) is 4.79 Å². The summed E-state index contributed by atoms with van der Waals surface area (Å²) < 4.78 is 34.8. The minimum atomic E-state index is -3.47. The Balaban J connectivity index is 1.44. The van der Waals surface area contributed by atoms with Gasteiger partial charge in [0.2, 0.25) is 15.9 Å². The van der Waals surface area contributed by atoms with Crippen LogP contribution in [0.25, 0.3) is 10.9 Å². The molecule has 1 aliphatic rings. The number of benzene rings is 2. The first-order valence-corrected chi connectivity index (χ1v) is 12.8. The van der Waals surface area contributed by atoms with Gasteiger partial charge in [0.25, 0.3) is 0 Å². The fourth-order valence-electron chi connectivity index (χ4n) is 4.14. The molecule has 0 spiro atoms. The van der Waals surface area contributed by atoms with Crippen LogP contribution in [0.5, 0.6) is 5.75 Å². The molecule has 0 saturated carbocycles. The summed E-state index contributed by atoms with van der Waals surface area (Å²) in [6.45, 7) is 7.37. The van der Waals surface area contributed by atoms with Gasteiger partial charge < -0.3 is 14.6 Å². The van der Waals surface area contributed by atoms with Gasteiger partial charge in [0, 0.05) is 36.7 Å². The van der Waals surface area contributed by atoms with Gasteiger partial charge in [-0.25, -0.2) is 8.42 Å². The summed E-state index contributed by atoms with van der Waals surface area (Å²) in [5.41, 5.74) is 1.81. The zero-order chi connectivity index (χ0) is 23.6. The number of carbonyl (C=O) groups excluding carboxylic acids is 1. The van der Waals surface area contributed by atoms with E-state index in [2.05, 4.69) is 5.32 Å². The lowest BCUT2D eigenvalue weighted by Crippen LogP contribution is -2.30. The summed E-state index contributed by atoms with van der Waals surface area (Å²) in [5.74, 6) is 0.696. The molecule has 1 saturated heterocycles. The molecule has 8 heteroatoms. The summed E-state index contributed by atoms with van der Waals surface area (Å²) in [5, 5.41) is 3.78. The van der Waals surface area contributed by atoms with E-state index in [1.165, 1.54) is 0 Å². The van der Waals surface area contributed by atoms with E-state index in [4.69, 9.17) is 4.74 Å². The second-order valence-electron chi connectivity index (χ2n) is 8.76. The van der Waals surface area contributed by atoms with Gasteiger partial charge in [-0.2, -0.15) is 4.31 Å². The van der Waals surface area contributed by atoms with Crippen LogP contribution in [0.1, 0.15) is 45.2 Å². The highest BCUT2D eigenvalue weighted by atomic mass is 32.2. The Labute approximate surface area is 195 Å². The van der Waals surface area contributed by atoms with Gasteiger partial charge >= 0.3 is 0 Å². The van der Waals surface area contributed by atoms with E-state index in [-0.39, 0.29) is 12.0 Å². The van der Waals surface area contributed by atoms with Gasteiger partial charge in [-0.1, -0.05) is 12.1 Å². The number of rotatable bonds is 8. The zero-order valence-electron chi connectivity index (χ0n) is 19.3. The van der Waals surface area contributed by atoms with Crippen molar-refractivity contribution >= 4 is 26.8 Å². The van der Waals surface area contributed by atoms with E-state index < -0.39 is 16.1 Å². The number of fused-ring (bicyclic) bond motifs is 1. The zero-order valence-corrected chi connectivity index (χ0v) is 20.1. The first-order valence-electron chi connectivity index (χ1n) is 11.4. The standard InChI is InChI=1S/C25H31N3O4S/c1-18(2)32-22-8-6-20(7-9-22)17-26-25(29)19(3)28-15-12-21-16-23(10-11-24(21)28)33(30,31)27-13-4-5-14-27/h6-12,15-16,18-19H,4-5,13-14,17H2,1-3H3,(H,26,29)/t19-/m0/s1. The molecule has 0 bridgehead atoms. The monoisotopic (exact) mass is 469 g/mol. The van der Waals surface area contributed by atoms with Crippen LogP contribution >= 0.6 is 0 Å². The van der Waals surface area contributed by atoms with Crippen molar-refractivity contribution < 1.29 is 17.9 Å².